The van der Waals surface area contributed by atoms with Gasteiger partial charge in [0, 0.05) is 0 Å². The average Bonchev–Trinajstić information content (AvgIpc) is 2.09. The van der Waals surface area contributed by atoms with Gasteiger partial charge in [0.25, 0.3) is 0 Å². The van der Waals surface area contributed by atoms with Crippen LogP contribution in [0.4, 0.5) is 0 Å². The minimum absolute atomic E-state index is 0. The average molecular weight is 231 g/mol. The molecule has 0 aromatic heterocycles. The van der Waals surface area contributed by atoms with Gasteiger partial charge in [0.15, 0.2) is 0 Å². The fourth-order valence-electron chi connectivity index (χ4n) is 1.19. The fraction of sp³-hybridized carbons (Fsp3) is 1.00. The third-order valence-corrected chi connectivity index (χ3v) is 2.29. The Bertz CT molecular complexity index is 139. The minimum Gasteiger partial charge on any atom is -1.00 e. The second-order valence-corrected chi connectivity index (χ2v) is 3.79. The molecule has 1 unspecified atom stereocenters. The Morgan fingerprint density at radius 3 is 2.14 bits per heavy atom. The van der Waals surface area contributed by atoms with Gasteiger partial charge in [-0.25, -0.2) is 4.21 Å². The molecule has 82 valence electrons. The standard InChI is InChI=1S/C9H20O3S.Na.H/c1-2-3-4-5-6-7-8-9-12-13(10)11;;/h2-9H2,1H3,(H,10,11);;/q;+1;-1/p-1. The van der Waals surface area contributed by atoms with Crippen LogP contribution in [0.2, 0.25) is 0 Å². The molecule has 5 heteroatoms. The molecule has 0 heterocycles. The summed E-state index contributed by atoms with van der Waals surface area (Å²) in [6, 6.07) is 0. The molecular formula is C9H20NaO3S-. The monoisotopic (exact) mass is 231 g/mol. The summed E-state index contributed by atoms with van der Waals surface area (Å²) in [5, 5.41) is 0. The Balaban J connectivity index is -0.000000720. The molecule has 3 nitrogen and oxygen atoms in total. The molecule has 0 spiro atoms. The Morgan fingerprint density at radius 1 is 1.14 bits per heavy atom. The van der Waals surface area contributed by atoms with Gasteiger partial charge in [-0.15, -0.1) is 0 Å². The van der Waals surface area contributed by atoms with Gasteiger partial charge in [-0.05, 0) is 6.42 Å². The molecule has 0 rings (SSSR count). The predicted molar refractivity (Wildman–Crippen MR) is 54.0 cm³/mol. The van der Waals surface area contributed by atoms with E-state index in [1.165, 1.54) is 32.1 Å². The van der Waals surface area contributed by atoms with Crippen molar-refractivity contribution in [2.45, 2.75) is 51.9 Å². The van der Waals surface area contributed by atoms with E-state index in [2.05, 4.69) is 11.1 Å². The molecule has 0 aromatic rings. The third kappa shape index (κ3) is 15.5. The second kappa shape index (κ2) is 14.1. The molecule has 0 aliphatic rings. The van der Waals surface area contributed by atoms with Gasteiger partial charge in [-0.1, -0.05) is 45.4 Å². The molecule has 0 bridgehead atoms. The predicted octanol–water partition coefficient (Wildman–Crippen LogP) is -0.336. The minimum atomic E-state index is -2.33. The van der Waals surface area contributed by atoms with Crippen molar-refractivity contribution in [3.63, 3.8) is 0 Å². The van der Waals surface area contributed by atoms with Crippen LogP contribution in [0.25, 0.3) is 0 Å². The zero-order valence-corrected chi connectivity index (χ0v) is 12.1. The van der Waals surface area contributed by atoms with E-state index in [0.717, 1.165) is 12.8 Å². The first-order chi connectivity index (χ1) is 6.27. The Hall–Kier alpha value is 1.07. The Labute approximate surface area is 113 Å². The zero-order valence-electron chi connectivity index (χ0n) is 10.3. The van der Waals surface area contributed by atoms with Crippen LogP contribution in [0.15, 0.2) is 0 Å². The van der Waals surface area contributed by atoms with E-state index >= 15 is 0 Å². The van der Waals surface area contributed by atoms with E-state index < -0.39 is 11.4 Å². The van der Waals surface area contributed by atoms with Gasteiger partial charge >= 0.3 is 29.6 Å². The zero-order chi connectivity index (χ0) is 9.94. The van der Waals surface area contributed by atoms with Crippen molar-refractivity contribution in [1.29, 1.82) is 0 Å². The molecular weight excluding hydrogens is 211 g/mol. The van der Waals surface area contributed by atoms with Crippen molar-refractivity contribution in [1.82, 2.24) is 0 Å². The van der Waals surface area contributed by atoms with Gasteiger partial charge in [-0.2, -0.15) is 0 Å². The number of rotatable bonds is 9. The molecule has 0 saturated carbocycles. The summed E-state index contributed by atoms with van der Waals surface area (Å²) < 4.78 is 24.3. The van der Waals surface area contributed by atoms with Crippen molar-refractivity contribution in [3.05, 3.63) is 0 Å². The summed E-state index contributed by atoms with van der Waals surface area (Å²) in [4.78, 5) is 0. The molecule has 0 aliphatic heterocycles. The molecule has 0 saturated heterocycles. The van der Waals surface area contributed by atoms with Gasteiger partial charge < -0.3 is 10.2 Å². The van der Waals surface area contributed by atoms with Crippen LogP contribution in [-0.4, -0.2) is 15.4 Å². The van der Waals surface area contributed by atoms with Crippen molar-refractivity contribution in [2.24, 2.45) is 0 Å². The maximum atomic E-state index is 9.95. The molecule has 0 aliphatic carbocycles. The maximum absolute atomic E-state index is 9.95. The smallest absolute Gasteiger partial charge is 1.00 e. The van der Waals surface area contributed by atoms with Gasteiger partial charge in [-0.3, -0.25) is 0 Å². The maximum Gasteiger partial charge on any atom is 1.00 e. The number of hydrogen-bond donors (Lipinski definition) is 0. The van der Waals surface area contributed by atoms with E-state index in [9.17, 15) is 8.76 Å². The Morgan fingerprint density at radius 2 is 1.64 bits per heavy atom. The normalized spacial score (nSPS) is 12.1. The first-order valence-corrected chi connectivity index (χ1v) is 6.00. The molecule has 0 N–H and O–H groups in total. The van der Waals surface area contributed by atoms with Crippen molar-refractivity contribution in [2.75, 3.05) is 6.61 Å². The summed E-state index contributed by atoms with van der Waals surface area (Å²) in [7, 11) is 0. The van der Waals surface area contributed by atoms with E-state index in [1.54, 1.807) is 0 Å². The summed E-state index contributed by atoms with van der Waals surface area (Å²) in [5.74, 6) is 0. The summed E-state index contributed by atoms with van der Waals surface area (Å²) in [6.45, 7) is 2.53. The summed E-state index contributed by atoms with van der Waals surface area (Å²) >= 11 is -2.33. The summed E-state index contributed by atoms with van der Waals surface area (Å²) in [6.07, 6.45) is 8.23. The molecule has 1 atom stereocenters. The van der Waals surface area contributed by atoms with Gasteiger partial charge in [0.05, 0.1) is 18.0 Å². The SMILES string of the molecule is CCCCCCCCCOS(=O)[O-].[H-].[Na+]. The van der Waals surface area contributed by atoms with E-state index in [-0.39, 0.29) is 31.0 Å². The van der Waals surface area contributed by atoms with Crippen LogP contribution in [0.5, 0.6) is 0 Å². The van der Waals surface area contributed by atoms with Gasteiger partial charge in [0.2, 0.25) is 0 Å². The molecule has 14 heavy (non-hydrogen) atoms. The number of unbranched alkanes of at least 4 members (excludes halogenated alkanes) is 6. The molecule has 0 fully saturated rings. The topological polar surface area (TPSA) is 49.4 Å². The third-order valence-electron chi connectivity index (χ3n) is 1.93. The Kier molecular flexibility index (Phi) is 17.6. The van der Waals surface area contributed by atoms with Crippen LogP contribution < -0.4 is 29.6 Å². The quantitative estimate of drug-likeness (QED) is 0.310. The molecule has 0 radical (unpaired) electrons. The second-order valence-electron chi connectivity index (χ2n) is 3.15. The van der Waals surface area contributed by atoms with Crippen LogP contribution in [0.1, 0.15) is 53.3 Å². The number of hydrogen-bond acceptors (Lipinski definition) is 3. The van der Waals surface area contributed by atoms with E-state index in [0.29, 0.717) is 6.61 Å². The van der Waals surface area contributed by atoms with E-state index in [4.69, 9.17) is 0 Å². The summed E-state index contributed by atoms with van der Waals surface area (Å²) in [5.41, 5.74) is 0. The first kappa shape index (κ1) is 17.5. The van der Waals surface area contributed by atoms with Crippen molar-refractivity contribution in [3.8, 4) is 0 Å². The van der Waals surface area contributed by atoms with Crippen LogP contribution in [0, 0.1) is 0 Å². The van der Waals surface area contributed by atoms with Crippen molar-refractivity contribution >= 4 is 11.4 Å². The van der Waals surface area contributed by atoms with Crippen LogP contribution in [-0.2, 0) is 15.5 Å². The molecule has 0 amide bonds. The van der Waals surface area contributed by atoms with Crippen molar-refractivity contribution < 1.29 is 43.9 Å². The van der Waals surface area contributed by atoms with E-state index in [1.807, 2.05) is 0 Å². The first-order valence-electron chi connectivity index (χ1n) is 5.00. The largest absolute Gasteiger partial charge is 1.00 e. The molecule has 0 aromatic carbocycles. The van der Waals surface area contributed by atoms with Crippen LogP contribution in [0.3, 0.4) is 0 Å². The van der Waals surface area contributed by atoms with Gasteiger partial charge in [0.1, 0.15) is 0 Å². The fourth-order valence-corrected chi connectivity index (χ4v) is 1.44. The van der Waals surface area contributed by atoms with Crippen LogP contribution >= 0.6 is 0 Å².